The number of benzene rings is 1. The lowest BCUT2D eigenvalue weighted by Crippen LogP contribution is -2.39. The van der Waals surface area contributed by atoms with Crippen molar-refractivity contribution in [3.05, 3.63) is 34.9 Å². The molecular formula is C15H22ClNO2. The maximum atomic E-state index is 9.53. The summed E-state index contributed by atoms with van der Waals surface area (Å²) in [5.74, 6) is -0.140. The summed E-state index contributed by atoms with van der Waals surface area (Å²) in [7, 11) is 0. The van der Waals surface area contributed by atoms with Crippen LogP contribution in [-0.4, -0.2) is 41.4 Å². The number of likely N-dealkylation sites (tertiary alicyclic amines) is 1. The first-order valence-electron chi connectivity index (χ1n) is 6.97. The van der Waals surface area contributed by atoms with Crippen LogP contribution in [0.15, 0.2) is 24.3 Å². The van der Waals surface area contributed by atoms with Crippen LogP contribution in [0.5, 0.6) is 0 Å². The molecule has 1 aromatic rings. The van der Waals surface area contributed by atoms with Gasteiger partial charge in [-0.15, -0.1) is 0 Å². The van der Waals surface area contributed by atoms with Crippen molar-refractivity contribution in [2.24, 2.45) is 5.92 Å². The van der Waals surface area contributed by atoms with Crippen LogP contribution in [0.2, 0.25) is 5.02 Å². The first-order chi connectivity index (χ1) is 9.26. The topological polar surface area (TPSA) is 43.7 Å². The average molecular weight is 284 g/mol. The van der Waals surface area contributed by atoms with Gasteiger partial charge in [0.1, 0.15) is 0 Å². The van der Waals surface area contributed by atoms with Gasteiger partial charge >= 0.3 is 0 Å². The van der Waals surface area contributed by atoms with Crippen LogP contribution in [0, 0.1) is 5.92 Å². The molecule has 0 aromatic heterocycles. The third-order valence-electron chi connectivity index (χ3n) is 3.91. The zero-order chi connectivity index (χ0) is 13.7. The van der Waals surface area contributed by atoms with Crippen LogP contribution >= 0.6 is 11.6 Å². The highest BCUT2D eigenvalue weighted by Crippen LogP contribution is 2.31. The van der Waals surface area contributed by atoms with Crippen molar-refractivity contribution in [3.8, 4) is 0 Å². The summed E-state index contributed by atoms with van der Waals surface area (Å²) < 4.78 is 0. The van der Waals surface area contributed by atoms with E-state index >= 15 is 0 Å². The van der Waals surface area contributed by atoms with E-state index in [1.165, 1.54) is 19.3 Å². The van der Waals surface area contributed by atoms with Gasteiger partial charge < -0.3 is 10.2 Å². The number of nitrogens with zero attached hydrogens (tertiary/aromatic N) is 1. The lowest BCUT2D eigenvalue weighted by molar-refractivity contribution is 0.0464. The monoisotopic (exact) mass is 283 g/mol. The number of rotatable bonds is 5. The Balaban J connectivity index is 2.24. The van der Waals surface area contributed by atoms with Gasteiger partial charge in [0.2, 0.25) is 0 Å². The maximum absolute atomic E-state index is 9.53. The minimum Gasteiger partial charge on any atom is -0.396 e. The highest BCUT2D eigenvalue weighted by Gasteiger charge is 2.29. The number of hydrogen-bond acceptors (Lipinski definition) is 3. The lowest BCUT2D eigenvalue weighted by atomic mass is 9.91. The van der Waals surface area contributed by atoms with E-state index in [1.807, 2.05) is 24.3 Å². The largest absolute Gasteiger partial charge is 0.396 e. The van der Waals surface area contributed by atoms with Crippen LogP contribution in [0.25, 0.3) is 0 Å². The molecule has 0 amide bonds. The molecule has 3 nitrogen and oxygen atoms in total. The number of halogens is 1. The Morgan fingerprint density at radius 2 is 1.58 bits per heavy atom. The summed E-state index contributed by atoms with van der Waals surface area (Å²) in [5.41, 5.74) is 1.12. The highest BCUT2D eigenvalue weighted by molar-refractivity contribution is 6.30. The molecule has 0 unspecified atom stereocenters. The molecule has 0 spiro atoms. The summed E-state index contributed by atoms with van der Waals surface area (Å²) in [5, 5.41) is 19.8. The lowest BCUT2D eigenvalue weighted by Gasteiger charge is -2.38. The number of aliphatic hydroxyl groups excluding tert-OH is 2. The molecule has 1 aliphatic heterocycles. The number of hydrogen-bond donors (Lipinski definition) is 2. The first kappa shape index (κ1) is 14.8. The summed E-state index contributed by atoms with van der Waals surface area (Å²) in [6.07, 6.45) is 3.65. The maximum Gasteiger partial charge on any atom is 0.0499 e. The van der Waals surface area contributed by atoms with Gasteiger partial charge in [0.25, 0.3) is 0 Å². The number of piperidine rings is 1. The van der Waals surface area contributed by atoms with E-state index in [4.69, 9.17) is 11.6 Å². The molecular weight excluding hydrogens is 262 g/mol. The zero-order valence-electron chi connectivity index (χ0n) is 11.1. The molecule has 0 bridgehead atoms. The quantitative estimate of drug-likeness (QED) is 0.872. The Bertz CT molecular complexity index is 372. The summed E-state index contributed by atoms with van der Waals surface area (Å²) >= 11 is 5.94. The van der Waals surface area contributed by atoms with Gasteiger partial charge in [-0.1, -0.05) is 30.2 Å². The number of aliphatic hydroxyl groups is 2. The predicted octanol–water partition coefficient (Wildman–Crippen LogP) is 2.47. The summed E-state index contributed by atoms with van der Waals surface area (Å²) in [6.45, 7) is 2.06. The molecule has 1 atom stereocenters. The molecule has 0 radical (unpaired) electrons. The van der Waals surface area contributed by atoms with Gasteiger partial charge in [-0.2, -0.15) is 0 Å². The standard InChI is InChI=1S/C15H22ClNO2/c16-14-6-4-12(5-7-14)15(13(10-18)11-19)17-8-2-1-3-9-17/h4-7,13,15,18-19H,1-3,8-11H2/t15-/m0/s1. The van der Waals surface area contributed by atoms with Crippen molar-refractivity contribution in [2.75, 3.05) is 26.3 Å². The fourth-order valence-electron chi connectivity index (χ4n) is 2.90. The van der Waals surface area contributed by atoms with Crippen LogP contribution in [0.4, 0.5) is 0 Å². The smallest absolute Gasteiger partial charge is 0.0499 e. The molecule has 19 heavy (non-hydrogen) atoms. The van der Waals surface area contributed by atoms with E-state index in [2.05, 4.69) is 4.90 Å². The molecule has 4 heteroatoms. The van der Waals surface area contributed by atoms with Crippen LogP contribution in [0.1, 0.15) is 30.9 Å². The molecule has 2 rings (SSSR count). The molecule has 1 aromatic carbocycles. The molecule has 2 N–H and O–H groups in total. The molecule has 1 aliphatic rings. The van der Waals surface area contributed by atoms with Crippen molar-refractivity contribution in [2.45, 2.75) is 25.3 Å². The molecule has 0 aliphatic carbocycles. The van der Waals surface area contributed by atoms with Crippen LogP contribution < -0.4 is 0 Å². The van der Waals surface area contributed by atoms with Gasteiger partial charge in [-0.25, -0.2) is 0 Å². The van der Waals surface area contributed by atoms with Crippen molar-refractivity contribution in [1.29, 1.82) is 0 Å². The van der Waals surface area contributed by atoms with Gasteiger partial charge in [0.05, 0.1) is 0 Å². The van der Waals surface area contributed by atoms with E-state index in [9.17, 15) is 10.2 Å². The highest BCUT2D eigenvalue weighted by atomic mass is 35.5. The van der Waals surface area contributed by atoms with Crippen LogP contribution in [-0.2, 0) is 0 Å². The molecule has 106 valence electrons. The zero-order valence-corrected chi connectivity index (χ0v) is 11.9. The fraction of sp³-hybridized carbons (Fsp3) is 0.600. The van der Waals surface area contributed by atoms with E-state index in [0.717, 1.165) is 18.7 Å². The van der Waals surface area contributed by atoms with E-state index in [1.54, 1.807) is 0 Å². The first-order valence-corrected chi connectivity index (χ1v) is 7.35. The van der Waals surface area contributed by atoms with Gasteiger partial charge in [-0.3, -0.25) is 4.90 Å². The Morgan fingerprint density at radius 3 is 2.11 bits per heavy atom. The molecule has 1 heterocycles. The Hall–Kier alpha value is -0.610. The average Bonchev–Trinajstić information content (AvgIpc) is 2.47. The molecule has 0 saturated carbocycles. The van der Waals surface area contributed by atoms with E-state index < -0.39 is 0 Å². The van der Waals surface area contributed by atoms with Crippen molar-refractivity contribution >= 4 is 11.6 Å². The second-order valence-electron chi connectivity index (χ2n) is 5.22. The van der Waals surface area contributed by atoms with Crippen LogP contribution in [0.3, 0.4) is 0 Å². The van der Waals surface area contributed by atoms with Gasteiger partial charge in [0.15, 0.2) is 0 Å². The van der Waals surface area contributed by atoms with Gasteiger partial charge in [-0.05, 0) is 43.6 Å². The second kappa shape index (κ2) is 7.25. The molecule has 1 fully saturated rings. The normalized spacial score (nSPS) is 18.7. The van der Waals surface area contributed by atoms with Gasteiger partial charge in [0, 0.05) is 30.2 Å². The Labute approximate surface area is 119 Å². The second-order valence-corrected chi connectivity index (χ2v) is 5.65. The SMILES string of the molecule is OCC(CO)[C@H](c1ccc(Cl)cc1)N1CCCCC1. The predicted molar refractivity (Wildman–Crippen MR) is 77.3 cm³/mol. The summed E-state index contributed by atoms with van der Waals surface area (Å²) in [6, 6.07) is 7.83. The van der Waals surface area contributed by atoms with E-state index in [0.29, 0.717) is 5.02 Å². The third kappa shape index (κ3) is 3.69. The van der Waals surface area contributed by atoms with Crippen molar-refractivity contribution in [3.63, 3.8) is 0 Å². The van der Waals surface area contributed by atoms with Crippen molar-refractivity contribution < 1.29 is 10.2 Å². The van der Waals surface area contributed by atoms with E-state index in [-0.39, 0.29) is 25.2 Å². The minimum absolute atomic E-state index is 0.000291. The summed E-state index contributed by atoms with van der Waals surface area (Å²) in [4.78, 5) is 2.38. The minimum atomic E-state index is -0.140. The third-order valence-corrected chi connectivity index (χ3v) is 4.16. The molecule has 1 saturated heterocycles. The Kier molecular flexibility index (Phi) is 5.64. The Morgan fingerprint density at radius 1 is 1.00 bits per heavy atom. The van der Waals surface area contributed by atoms with Crippen molar-refractivity contribution in [1.82, 2.24) is 4.90 Å². The fourth-order valence-corrected chi connectivity index (χ4v) is 3.02.